The van der Waals surface area contributed by atoms with Gasteiger partial charge in [0.15, 0.2) is 0 Å². The zero-order valence-corrected chi connectivity index (χ0v) is 24.3. The summed E-state index contributed by atoms with van der Waals surface area (Å²) < 4.78 is 55.5. The molecule has 14 heteroatoms. The van der Waals surface area contributed by atoms with Crippen LogP contribution in [-0.4, -0.2) is 76.1 Å². The first kappa shape index (κ1) is 33.7. The summed E-state index contributed by atoms with van der Waals surface area (Å²) in [7, 11) is 0. The quantitative estimate of drug-likeness (QED) is 0.192. The number of nitrogens with zero attached hydrogens (tertiary/aromatic N) is 2. The number of benzene rings is 2. The maximum atomic E-state index is 14.3. The molecule has 0 unspecified atom stereocenters. The number of ketones is 1. The van der Waals surface area contributed by atoms with Crippen LogP contribution >= 0.6 is 0 Å². The highest BCUT2D eigenvalue weighted by molar-refractivity contribution is 6.37. The number of carboxylic acid groups (broad SMARTS) is 1. The van der Waals surface area contributed by atoms with Crippen LogP contribution in [0.3, 0.4) is 0 Å². The molecule has 3 aromatic rings. The Morgan fingerprint density at radius 1 is 0.978 bits per heavy atom. The Morgan fingerprint density at radius 3 is 2.24 bits per heavy atom. The molecule has 0 spiro atoms. The molecule has 46 heavy (non-hydrogen) atoms. The van der Waals surface area contributed by atoms with Gasteiger partial charge in [0.2, 0.25) is 24.0 Å². The zero-order chi connectivity index (χ0) is 33.4. The van der Waals surface area contributed by atoms with Crippen molar-refractivity contribution in [1.29, 1.82) is 0 Å². The Kier molecular flexibility index (Phi) is 11.2. The molecule has 2 heterocycles. The van der Waals surface area contributed by atoms with Crippen LogP contribution in [0.15, 0.2) is 67.0 Å². The van der Waals surface area contributed by atoms with Crippen LogP contribution in [0.1, 0.15) is 45.8 Å². The lowest BCUT2D eigenvalue weighted by atomic mass is 9.96. The number of hydrogen-bond acceptors (Lipinski definition) is 6. The zero-order valence-electron chi connectivity index (χ0n) is 24.3. The minimum atomic E-state index is -3.03. The first-order chi connectivity index (χ1) is 21.9. The number of aromatic nitrogens is 1. The Balaban J connectivity index is 1.47. The Labute approximate surface area is 260 Å². The molecule has 1 aliphatic rings. The van der Waals surface area contributed by atoms with Crippen LogP contribution in [0, 0.1) is 11.6 Å². The van der Waals surface area contributed by atoms with Gasteiger partial charge in [-0.05, 0) is 48.2 Å². The lowest BCUT2D eigenvalue weighted by Gasteiger charge is -2.26. The molecule has 2 aromatic carbocycles. The molecular formula is C32H30F4N4O6. The fraction of sp³-hybridized carbons (Fsp3) is 0.312. The molecule has 1 fully saturated rings. The van der Waals surface area contributed by atoms with E-state index in [0.29, 0.717) is 17.7 Å². The molecule has 3 amide bonds. The van der Waals surface area contributed by atoms with Crippen LogP contribution in [-0.2, 0) is 32.0 Å². The number of aromatic carboxylic acids is 1. The summed E-state index contributed by atoms with van der Waals surface area (Å²) in [6.45, 7) is -0.436. The van der Waals surface area contributed by atoms with Crippen LogP contribution in [0.25, 0.3) is 0 Å². The number of carbonyl (C=O) groups excluding carboxylic acids is 4. The molecule has 242 valence electrons. The summed E-state index contributed by atoms with van der Waals surface area (Å²) in [4.78, 5) is 68.6. The van der Waals surface area contributed by atoms with Crippen LogP contribution in [0.5, 0.6) is 0 Å². The smallest absolute Gasteiger partial charge is 0.335 e. The number of carbonyl (C=O) groups is 5. The molecule has 3 N–H and O–H groups in total. The SMILES string of the molecule is O=C(Cc1ccncc1)C(=O)N1C[C@H](c2ccccc2)C[C@H]1C(=O)N[C@@H](CC(F)F)C(=O)NCCc1c(F)cc(C(=O)O)cc1F. The van der Waals surface area contributed by atoms with Gasteiger partial charge in [0, 0.05) is 49.8 Å². The average Bonchev–Trinajstić information content (AvgIpc) is 3.48. The largest absolute Gasteiger partial charge is 0.478 e. The van der Waals surface area contributed by atoms with E-state index in [1.165, 1.54) is 12.4 Å². The molecule has 1 aliphatic heterocycles. The molecule has 0 bridgehead atoms. The summed E-state index contributed by atoms with van der Waals surface area (Å²) in [6, 6.07) is 10.2. The minimum absolute atomic E-state index is 0.00742. The van der Waals surface area contributed by atoms with Gasteiger partial charge in [-0.1, -0.05) is 30.3 Å². The maximum Gasteiger partial charge on any atom is 0.335 e. The second-order valence-corrected chi connectivity index (χ2v) is 10.7. The summed E-state index contributed by atoms with van der Waals surface area (Å²) in [6.07, 6.45) is -1.85. The molecule has 10 nitrogen and oxygen atoms in total. The highest BCUT2D eigenvalue weighted by atomic mass is 19.3. The number of amides is 3. The highest BCUT2D eigenvalue weighted by Gasteiger charge is 2.43. The van der Waals surface area contributed by atoms with Crippen molar-refractivity contribution in [1.82, 2.24) is 20.5 Å². The Hall–Kier alpha value is -5.14. The number of alkyl halides is 2. The molecule has 0 radical (unpaired) electrons. The van der Waals surface area contributed by atoms with Gasteiger partial charge in [0.05, 0.1) is 5.56 Å². The number of Topliss-reactive ketones (excluding diaryl/α,β-unsaturated/α-hetero) is 1. The van der Waals surface area contributed by atoms with E-state index in [4.69, 9.17) is 5.11 Å². The topological polar surface area (TPSA) is 146 Å². The molecular weight excluding hydrogens is 612 g/mol. The van der Waals surface area contributed by atoms with E-state index in [0.717, 1.165) is 10.5 Å². The summed E-state index contributed by atoms with van der Waals surface area (Å²) in [5.41, 5.74) is 0.174. The van der Waals surface area contributed by atoms with Crippen LogP contribution in [0.4, 0.5) is 17.6 Å². The van der Waals surface area contributed by atoms with Gasteiger partial charge in [-0.2, -0.15) is 0 Å². The van der Waals surface area contributed by atoms with E-state index in [2.05, 4.69) is 15.6 Å². The average molecular weight is 643 g/mol. The highest BCUT2D eigenvalue weighted by Crippen LogP contribution is 2.32. The second kappa shape index (κ2) is 15.2. The van der Waals surface area contributed by atoms with Crippen molar-refractivity contribution in [2.24, 2.45) is 0 Å². The summed E-state index contributed by atoms with van der Waals surface area (Å²) >= 11 is 0. The van der Waals surface area contributed by atoms with Crippen molar-refractivity contribution in [3.8, 4) is 0 Å². The van der Waals surface area contributed by atoms with E-state index in [-0.39, 0.29) is 25.3 Å². The van der Waals surface area contributed by atoms with Crippen LogP contribution < -0.4 is 10.6 Å². The van der Waals surface area contributed by atoms with Gasteiger partial charge in [0.25, 0.3) is 5.91 Å². The van der Waals surface area contributed by atoms with E-state index in [1.54, 1.807) is 42.5 Å². The first-order valence-electron chi connectivity index (χ1n) is 14.3. The molecule has 1 aromatic heterocycles. The van der Waals surface area contributed by atoms with Gasteiger partial charge in [-0.15, -0.1) is 0 Å². The predicted molar refractivity (Wildman–Crippen MR) is 155 cm³/mol. The number of hydrogen-bond donors (Lipinski definition) is 3. The van der Waals surface area contributed by atoms with Crippen molar-refractivity contribution in [2.75, 3.05) is 13.1 Å². The van der Waals surface area contributed by atoms with Crippen LogP contribution in [0.2, 0.25) is 0 Å². The Bertz CT molecular complexity index is 1570. The van der Waals surface area contributed by atoms with Crippen molar-refractivity contribution < 1.29 is 46.6 Å². The molecule has 1 saturated heterocycles. The fourth-order valence-electron chi connectivity index (χ4n) is 5.27. The fourth-order valence-corrected chi connectivity index (χ4v) is 5.27. The number of nitrogens with one attached hydrogen (secondary N) is 2. The van der Waals surface area contributed by atoms with E-state index in [9.17, 15) is 41.5 Å². The lowest BCUT2D eigenvalue weighted by molar-refractivity contribution is -0.147. The summed E-state index contributed by atoms with van der Waals surface area (Å²) in [5, 5.41) is 13.5. The molecule has 4 rings (SSSR count). The third kappa shape index (κ3) is 8.52. The van der Waals surface area contributed by atoms with Gasteiger partial charge in [-0.3, -0.25) is 24.2 Å². The molecule has 0 saturated carbocycles. The Morgan fingerprint density at radius 2 is 1.63 bits per heavy atom. The predicted octanol–water partition coefficient (Wildman–Crippen LogP) is 3.05. The van der Waals surface area contributed by atoms with E-state index < -0.39 is 90.1 Å². The van der Waals surface area contributed by atoms with Crippen molar-refractivity contribution >= 4 is 29.5 Å². The lowest BCUT2D eigenvalue weighted by Crippen LogP contribution is -2.54. The number of likely N-dealkylation sites (tertiary alicyclic amines) is 1. The molecule has 3 atom stereocenters. The van der Waals surface area contributed by atoms with Crippen molar-refractivity contribution in [3.05, 3.63) is 101 Å². The normalized spacial score (nSPS) is 16.6. The van der Waals surface area contributed by atoms with E-state index >= 15 is 0 Å². The van der Waals surface area contributed by atoms with Crippen molar-refractivity contribution in [2.45, 2.75) is 50.1 Å². The van der Waals surface area contributed by atoms with E-state index in [1.807, 2.05) is 0 Å². The van der Waals surface area contributed by atoms with Crippen molar-refractivity contribution in [3.63, 3.8) is 0 Å². The number of pyridine rings is 1. The molecule has 0 aliphatic carbocycles. The van der Waals surface area contributed by atoms with Gasteiger partial charge >= 0.3 is 5.97 Å². The third-order valence-corrected chi connectivity index (χ3v) is 7.60. The number of halogens is 4. The number of carboxylic acids is 1. The third-order valence-electron chi connectivity index (χ3n) is 7.60. The standard InChI is InChI=1S/C32H30F4N4O6/c33-23-13-20(32(45)46)14-24(34)22(23)8-11-38-29(42)25(16-28(35)36)39-30(43)26-15-21(19-4-2-1-3-5-19)17-40(26)31(44)27(41)12-18-6-9-37-10-7-18/h1-7,9-10,13-14,21,25-26,28H,8,11-12,15-17H2,(H,38,42)(H,39,43)(H,45,46)/t21-,25+,26+/m1/s1. The monoisotopic (exact) mass is 642 g/mol. The summed E-state index contributed by atoms with van der Waals surface area (Å²) in [5.74, 6) is -7.97. The minimum Gasteiger partial charge on any atom is -0.478 e. The van der Waals surface area contributed by atoms with Gasteiger partial charge < -0.3 is 20.6 Å². The second-order valence-electron chi connectivity index (χ2n) is 10.7. The maximum absolute atomic E-state index is 14.3. The first-order valence-corrected chi connectivity index (χ1v) is 14.3. The van der Waals surface area contributed by atoms with Gasteiger partial charge in [0.1, 0.15) is 23.7 Å². The number of rotatable bonds is 13. The van der Waals surface area contributed by atoms with Gasteiger partial charge in [-0.25, -0.2) is 22.4 Å².